The Morgan fingerprint density at radius 2 is 1.85 bits per heavy atom. The number of hydrogen-bond donors (Lipinski definition) is 2. The largest absolute Gasteiger partial charge is 0.382 e. The number of nitrogens with zero attached hydrogens (tertiary/aromatic N) is 1. The van der Waals surface area contributed by atoms with Crippen molar-refractivity contribution in [3.05, 3.63) is 29.8 Å². The van der Waals surface area contributed by atoms with E-state index in [-0.39, 0.29) is 16.6 Å². The molecule has 3 N–H and O–H groups in total. The molecule has 1 aliphatic carbocycles. The van der Waals surface area contributed by atoms with E-state index in [1.165, 1.54) is 17.1 Å². The number of carbonyl (C=O) groups excluding carboxylic acids is 1. The van der Waals surface area contributed by atoms with Gasteiger partial charge in [-0.1, -0.05) is 12.1 Å². The number of aldehydes is 1. The predicted octanol–water partition coefficient (Wildman–Crippen LogP) is 3.36. The first-order valence-corrected chi connectivity index (χ1v) is 9.57. The van der Waals surface area contributed by atoms with Gasteiger partial charge in [-0.3, -0.25) is 0 Å². The molecule has 150 valence electrons. The molecule has 0 aromatic heterocycles. The van der Waals surface area contributed by atoms with Gasteiger partial charge in [0.2, 0.25) is 0 Å². The fraction of sp³-hybridized carbons (Fsp3) is 0.650. The number of ether oxygens (including phenoxy) is 1. The van der Waals surface area contributed by atoms with Crippen LogP contribution in [0.2, 0.25) is 0 Å². The molecule has 7 heteroatoms. The van der Waals surface area contributed by atoms with Crippen LogP contribution in [0, 0.1) is 5.41 Å². The molecule has 2 aliphatic rings. The monoisotopic (exact) mass is 382 g/mol. The minimum Gasteiger partial charge on any atom is -0.382 e. The highest BCUT2D eigenvalue weighted by Crippen LogP contribution is 2.47. The number of carbonyl (C=O) groups is 1. The normalized spacial score (nSPS) is 29.2. The van der Waals surface area contributed by atoms with Gasteiger partial charge < -0.3 is 19.6 Å². The molecule has 2 fully saturated rings. The number of halogens is 2. The molecule has 1 saturated carbocycles. The molecule has 1 aliphatic heterocycles. The van der Waals surface area contributed by atoms with E-state index in [4.69, 9.17) is 10.6 Å². The zero-order valence-electron chi connectivity index (χ0n) is 15.4. The van der Waals surface area contributed by atoms with E-state index in [0.717, 1.165) is 51.4 Å². The highest BCUT2D eigenvalue weighted by Gasteiger charge is 2.44. The topological polar surface area (TPSA) is 75.8 Å². The molecule has 0 radical (unpaired) electrons. The lowest BCUT2D eigenvalue weighted by Crippen LogP contribution is -2.42. The van der Waals surface area contributed by atoms with Crippen LogP contribution in [-0.4, -0.2) is 36.6 Å². The lowest BCUT2D eigenvalue weighted by molar-refractivity contribution is -0.123. The second-order valence-corrected chi connectivity index (χ2v) is 7.93. The summed E-state index contributed by atoms with van der Waals surface area (Å²) in [5.74, 6) is 6.11. The van der Waals surface area contributed by atoms with Gasteiger partial charge in [0.05, 0.1) is 11.3 Å². The Balaban J connectivity index is 1.56. The number of hydrazine groups is 1. The molecule has 1 atom stereocenters. The molecule has 3 rings (SSSR count). The van der Waals surface area contributed by atoms with E-state index >= 15 is 0 Å². The van der Waals surface area contributed by atoms with E-state index in [1.807, 2.05) is 0 Å². The highest BCUT2D eigenvalue weighted by atomic mass is 19.3. The lowest BCUT2D eigenvalue weighted by atomic mass is 9.67. The fourth-order valence-corrected chi connectivity index (χ4v) is 4.26. The van der Waals surface area contributed by atoms with Gasteiger partial charge in [-0.05, 0) is 62.6 Å². The molecule has 1 aromatic carbocycles. The fourth-order valence-electron chi connectivity index (χ4n) is 4.26. The second-order valence-electron chi connectivity index (χ2n) is 7.93. The SMILES string of the molecule is NN(CCC1(C=O)CCC2(CCCO2)CC1)c1ccc(C(O)C(F)F)cc1. The van der Waals surface area contributed by atoms with Crippen LogP contribution >= 0.6 is 0 Å². The van der Waals surface area contributed by atoms with Crippen LogP contribution in [0.1, 0.15) is 56.6 Å². The van der Waals surface area contributed by atoms with E-state index in [2.05, 4.69) is 0 Å². The summed E-state index contributed by atoms with van der Waals surface area (Å²) in [6, 6.07) is 6.11. The number of nitrogens with two attached hydrogens (primary N) is 1. The Kier molecular flexibility index (Phi) is 6.13. The third-order valence-corrected chi connectivity index (χ3v) is 6.25. The number of aliphatic hydroxyl groups excluding tert-OH is 1. The number of alkyl halides is 2. The van der Waals surface area contributed by atoms with Gasteiger partial charge in [0.25, 0.3) is 6.43 Å². The molecule has 1 heterocycles. The van der Waals surface area contributed by atoms with Gasteiger partial charge in [0, 0.05) is 18.6 Å². The quantitative estimate of drug-likeness (QED) is 0.430. The summed E-state index contributed by atoms with van der Waals surface area (Å²) in [4.78, 5) is 11.8. The van der Waals surface area contributed by atoms with E-state index in [9.17, 15) is 18.7 Å². The lowest BCUT2D eigenvalue weighted by Gasteiger charge is -2.42. The van der Waals surface area contributed by atoms with Crippen LogP contribution in [0.15, 0.2) is 24.3 Å². The van der Waals surface area contributed by atoms with E-state index in [0.29, 0.717) is 18.7 Å². The van der Waals surface area contributed by atoms with Gasteiger partial charge >= 0.3 is 0 Å². The van der Waals surface area contributed by atoms with Crippen molar-refractivity contribution in [1.82, 2.24) is 0 Å². The molecule has 5 nitrogen and oxygen atoms in total. The van der Waals surface area contributed by atoms with Crippen LogP contribution in [-0.2, 0) is 9.53 Å². The number of aliphatic hydroxyl groups is 1. The van der Waals surface area contributed by atoms with Crippen LogP contribution in [0.4, 0.5) is 14.5 Å². The van der Waals surface area contributed by atoms with Crippen molar-refractivity contribution in [2.75, 3.05) is 18.2 Å². The second kappa shape index (κ2) is 8.20. The average molecular weight is 382 g/mol. The average Bonchev–Trinajstić information content (AvgIpc) is 3.15. The smallest absolute Gasteiger partial charge is 0.268 e. The maximum Gasteiger partial charge on any atom is 0.268 e. The number of benzene rings is 1. The summed E-state index contributed by atoms with van der Waals surface area (Å²) < 4.78 is 31.1. The van der Waals surface area contributed by atoms with Crippen LogP contribution < -0.4 is 10.9 Å². The van der Waals surface area contributed by atoms with Crippen molar-refractivity contribution in [2.24, 2.45) is 11.3 Å². The number of anilines is 1. The zero-order chi connectivity index (χ0) is 19.5. The van der Waals surface area contributed by atoms with Gasteiger partial charge in [0.15, 0.2) is 0 Å². The van der Waals surface area contributed by atoms with Crippen molar-refractivity contribution in [3.8, 4) is 0 Å². The third kappa shape index (κ3) is 4.47. The van der Waals surface area contributed by atoms with Crippen molar-refractivity contribution < 1.29 is 23.4 Å². The molecule has 27 heavy (non-hydrogen) atoms. The highest BCUT2D eigenvalue weighted by molar-refractivity contribution is 5.60. The standard InChI is InChI=1S/C20H28F2N2O3/c21-18(22)17(26)15-2-4-16(5-3-15)24(23)12-11-19(14-25)7-9-20(10-8-19)6-1-13-27-20/h2-5,14,17-18,26H,1,6-13,23H2. The van der Waals surface area contributed by atoms with Crippen molar-refractivity contribution in [1.29, 1.82) is 0 Å². The Bertz CT molecular complexity index is 623. The predicted molar refractivity (Wildman–Crippen MR) is 98.4 cm³/mol. The van der Waals surface area contributed by atoms with Gasteiger partial charge in [-0.2, -0.15) is 0 Å². The molecular weight excluding hydrogens is 354 g/mol. The van der Waals surface area contributed by atoms with Crippen LogP contribution in [0.5, 0.6) is 0 Å². The van der Waals surface area contributed by atoms with Crippen LogP contribution in [0.3, 0.4) is 0 Å². The first-order chi connectivity index (χ1) is 12.9. The summed E-state index contributed by atoms with van der Waals surface area (Å²) in [5.41, 5.74) is 0.421. The summed E-state index contributed by atoms with van der Waals surface area (Å²) in [7, 11) is 0. The molecule has 0 bridgehead atoms. The zero-order valence-corrected chi connectivity index (χ0v) is 15.4. The first-order valence-electron chi connectivity index (χ1n) is 9.57. The summed E-state index contributed by atoms with van der Waals surface area (Å²) in [6.07, 6.45) is 2.73. The van der Waals surface area contributed by atoms with Crippen molar-refractivity contribution in [2.45, 2.75) is 63.1 Å². The summed E-state index contributed by atoms with van der Waals surface area (Å²) >= 11 is 0. The van der Waals surface area contributed by atoms with Gasteiger partial charge in [0.1, 0.15) is 12.4 Å². The Hall–Kier alpha value is -1.57. The van der Waals surface area contributed by atoms with Crippen molar-refractivity contribution >= 4 is 12.0 Å². The molecule has 1 saturated heterocycles. The Labute approximate surface area is 158 Å². The van der Waals surface area contributed by atoms with Crippen molar-refractivity contribution in [3.63, 3.8) is 0 Å². The minimum absolute atomic E-state index is 0.0176. The first kappa shape index (κ1) is 20.2. The molecule has 1 aromatic rings. The Morgan fingerprint density at radius 3 is 2.37 bits per heavy atom. The molecular formula is C20H28F2N2O3. The number of rotatable bonds is 7. The molecule has 1 unspecified atom stereocenters. The third-order valence-electron chi connectivity index (χ3n) is 6.25. The van der Waals surface area contributed by atoms with Gasteiger partial charge in [-0.25, -0.2) is 14.6 Å². The molecule has 1 spiro atoms. The summed E-state index contributed by atoms with van der Waals surface area (Å²) in [6.45, 7) is 1.31. The summed E-state index contributed by atoms with van der Waals surface area (Å²) in [5, 5.41) is 10.9. The number of hydrogen-bond acceptors (Lipinski definition) is 5. The van der Waals surface area contributed by atoms with E-state index < -0.39 is 12.5 Å². The van der Waals surface area contributed by atoms with Crippen LogP contribution in [0.25, 0.3) is 0 Å². The maximum absolute atomic E-state index is 12.6. The molecule has 0 amide bonds. The minimum atomic E-state index is -2.82. The maximum atomic E-state index is 12.6. The van der Waals surface area contributed by atoms with Gasteiger partial charge in [-0.15, -0.1) is 0 Å². The van der Waals surface area contributed by atoms with E-state index in [1.54, 1.807) is 12.1 Å². The Morgan fingerprint density at radius 1 is 1.19 bits per heavy atom.